The Bertz CT molecular complexity index is 632. The van der Waals surface area contributed by atoms with Crippen molar-refractivity contribution in [3.8, 4) is 0 Å². The van der Waals surface area contributed by atoms with Crippen LogP contribution in [0.2, 0.25) is 0 Å². The molecule has 0 saturated heterocycles. The summed E-state index contributed by atoms with van der Waals surface area (Å²) in [4.78, 5) is 16.8. The minimum absolute atomic E-state index is 0.191. The molecule has 2 N–H and O–H groups in total. The van der Waals surface area contributed by atoms with Gasteiger partial charge in [0.15, 0.2) is 0 Å². The van der Waals surface area contributed by atoms with Crippen molar-refractivity contribution in [1.29, 1.82) is 0 Å². The number of aromatic nitrogens is 3. The van der Waals surface area contributed by atoms with Crippen molar-refractivity contribution in [1.82, 2.24) is 20.5 Å². The number of halogens is 3. The SMILES string of the molecule is Cc1nc(CNC(=O)Nc2nnc(C(F)(F)F)s2)sc1C. The molecule has 21 heavy (non-hydrogen) atoms. The van der Waals surface area contributed by atoms with Crippen LogP contribution in [0.15, 0.2) is 0 Å². The largest absolute Gasteiger partial charge is 0.445 e. The molecule has 0 radical (unpaired) electrons. The predicted molar refractivity (Wildman–Crippen MR) is 72.4 cm³/mol. The van der Waals surface area contributed by atoms with Crippen molar-refractivity contribution in [3.63, 3.8) is 0 Å². The lowest BCUT2D eigenvalue weighted by molar-refractivity contribution is -0.138. The molecular formula is C10H10F3N5OS2. The summed E-state index contributed by atoms with van der Waals surface area (Å²) in [6.45, 7) is 3.96. The second-order valence-electron chi connectivity index (χ2n) is 3.97. The highest BCUT2D eigenvalue weighted by Gasteiger charge is 2.35. The van der Waals surface area contributed by atoms with Gasteiger partial charge >= 0.3 is 12.2 Å². The van der Waals surface area contributed by atoms with E-state index >= 15 is 0 Å². The Hall–Kier alpha value is -1.75. The normalized spacial score (nSPS) is 11.5. The molecule has 2 amide bonds. The van der Waals surface area contributed by atoms with Crippen LogP contribution < -0.4 is 10.6 Å². The fourth-order valence-corrected chi connectivity index (χ4v) is 2.78. The minimum Gasteiger partial charge on any atom is -0.331 e. The number of nitrogens with zero attached hydrogens (tertiary/aromatic N) is 3. The number of hydrogen-bond acceptors (Lipinski definition) is 6. The van der Waals surface area contributed by atoms with Crippen LogP contribution in [0.25, 0.3) is 0 Å². The Labute approximate surface area is 125 Å². The van der Waals surface area contributed by atoms with Gasteiger partial charge in [0.2, 0.25) is 10.1 Å². The van der Waals surface area contributed by atoms with Crippen molar-refractivity contribution in [2.24, 2.45) is 0 Å². The molecule has 0 aliphatic carbocycles. The molecule has 2 aromatic heterocycles. The standard InChI is InChI=1S/C10H10F3N5OS2/c1-4-5(2)20-6(15-4)3-14-8(19)16-9-18-17-7(21-9)10(11,12)13/h3H2,1-2H3,(H2,14,16,18,19). The first-order valence-electron chi connectivity index (χ1n) is 5.64. The summed E-state index contributed by atoms with van der Waals surface area (Å²) in [6.07, 6.45) is -4.57. The molecule has 2 heterocycles. The molecule has 114 valence electrons. The zero-order valence-electron chi connectivity index (χ0n) is 10.9. The molecule has 0 atom stereocenters. The van der Waals surface area contributed by atoms with Crippen LogP contribution in [0.3, 0.4) is 0 Å². The lowest BCUT2D eigenvalue weighted by atomic mass is 10.4. The third kappa shape index (κ3) is 4.11. The van der Waals surface area contributed by atoms with Crippen molar-refractivity contribution < 1.29 is 18.0 Å². The Kier molecular flexibility index (Phi) is 4.42. The smallest absolute Gasteiger partial charge is 0.331 e. The molecule has 0 aromatic carbocycles. The molecule has 0 fully saturated rings. The van der Waals surface area contributed by atoms with Crippen LogP contribution in [0.5, 0.6) is 0 Å². The zero-order valence-corrected chi connectivity index (χ0v) is 12.5. The molecule has 0 spiro atoms. The number of thiazole rings is 1. The number of urea groups is 1. The van der Waals surface area contributed by atoms with Gasteiger partial charge < -0.3 is 5.32 Å². The summed E-state index contributed by atoms with van der Waals surface area (Å²) >= 11 is 1.71. The van der Waals surface area contributed by atoms with Crippen LogP contribution in [0.4, 0.5) is 23.1 Å². The number of hydrogen-bond donors (Lipinski definition) is 2. The van der Waals surface area contributed by atoms with E-state index in [9.17, 15) is 18.0 Å². The summed E-state index contributed by atoms with van der Waals surface area (Å²) in [7, 11) is 0. The van der Waals surface area contributed by atoms with E-state index in [0.717, 1.165) is 10.6 Å². The summed E-state index contributed by atoms with van der Waals surface area (Å²) in [5.41, 5.74) is 0.885. The molecule has 0 saturated carbocycles. The average molecular weight is 337 g/mol. The van der Waals surface area contributed by atoms with Gasteiger partial charge in [0.25, 0.3) is 0 Å². The molecule has 11 heteroatoms. The summed E-state index contributed by atoms with van der Waals surface area (Å²) in [6, 6.07) is -0.662. The van der Waals surface area contributed by atoms with E-state index in [-0.39, 0.29) is 23.0 Å². The zero-order chi connectivity index (χ0) is 15.6. The highest BCUT2D eigenvalue weighted by atomic mass is 32.1. The Morgan fingerprint density at radius 2 is 1.95 bits per heavy atom. The van der Waals surface area contributed by atoms with Gasteiger partial charge in [-0.05, 0) is 13.8 Å². The summed E-state index contributed by atoms with van der Waals surface area (Å²) in [5.74, 6) is 0. The Balaban J connectivity index is 1.88. The Morgan fingerprint density at radius 1 is 1.24 bits per heavy atom. The fourth-order valence-electron chi connectivity index (χ4n) is 1.30. The van der Waals surface area contributed by atoms with Crippen molar-refractivity contribution >= 4 is 33.8 Å². The molecule has 0 unspecified atom stereocenters. The maximum Gasteiger partial charge on any atom is 0.445 e. The highest BCUT2D eigenvalue weighted by Crippen LogP contribution is 2.32. The Morgan fingerprint density at radius 3 is 2.48 bits per heavy atom. The van der Waals surface area contributed by atoms with Gasteiger partial charge in [-0.15, -0.1) is 21.5 Å². The molecule has 0 aliphatic heterocycles. The molecule has 0 aliphatic rings. The molecule has 0 bridgehead atoms. The van der Waals surface area contributed by atoms with Crippen molar-refractivity contribution in [2.45, 2.75) is 26.6 Å². The average Bonchev–Trinajstić information content (AvgIpc) is 2.95. The maximum absolute atomic E-state index is 12.3. The first kappa shape index (κ1) is 15.6. The van der Waals surface area contributed by atoms with Crippen LogP contribution in [-0.2, 0) is 12.7 Å². The van der Waals surface area contributed by atoms with E-state index in [2.05, 4.69) is 25.8 Å². The van der Waals surface area contributed by atoms with Crippen LogP contribution in [0.1, 0.15) is 20.6 Å². The first-order valence-corrected chi connectivity index (χ1v) is 7.27. The molecule has 2 aromatic rings. The van der Waals surface area contributed by atoms with Gasteiger partial charge in [0.1, 0.15) is 5.01 Å². The molecular weight excluding hydrogens is 327 g/mol. The highest BCUT2D eigenvalue weighted by molar-refractivity contribution is 7.15. The van der Waals surface area contributed by atoms with Gasteiger partial charge in [-0.25, -0.2) is 9.78 Å². The topological polar surface area (TPSA) is 79.8 Å². The summed E-state index contributed by atoms with van der Waals surface area (Å²) < 4.78 is 37.0. The van der Waals surface area contributed by atoms with Crippen LogP contribution in [-0.4, -0.2) is 21.2 Å². The number of aryl methyl sites for hydroxylation is 2. The number of anilines is 1. The van der Waals surface area contributed by atoms with E-state index in [0.29, 0.717) is 5.01 Å². The third-order valence-corrected chi connectivity index (χ3v) is 4.32. The monoisotopic (exact) mass is 337 g/mol. The first-order chi connectivity index (χ1) is 9.75. The van der Waals surface area contributed by atoms with Gasteiger partial charge in [-0.3, -0.25) is 5.32 Å². The van der Waals surface area contributed by atoms with E-state index in [4.69, 9.17) is 0 Å². The third-order valence-electron chi connectivity index (χ3n) is 2.36. The van der Waals surface area contributed by atoms with E-state index in [1.165, 1.54) is 11.3 Å². The van der Waals surface area contributed by atoms with E-state index in [1.54, 1.807) is 0 Å². The summed E-state index contributed by atoms with van der Waals surface area (Å²) in [5, 5.41) is 10.3. The van der Waals surface area contributed by atoms with E-state index < -0.39 is 17.2 Å². The second kappa shape index (κ2) is 5.93. The van der Waals surface area contributed by atoms with E-state index in [1.807, 2.05) is 13.8 Å². The predicted octanol–water partition coefficient (Wildman–Crippen LogP) is 2.95. The lowest BCUT2D eigenvalue weighted by Gasteiger charge is -2.02. The molecule has 6 nitrogen and oxygen atoms in total. The van der Waals surface area contributed by atoms with Crippen molar-refractivity contribution in [3.05, 3.63) is 20.6 Å². The number of nitrogens with one attached hydrogen (secondary N) is 2. The second-order valence-corrected chi connectivity index (χ2v) is 6.23. The number of rotatable bonds is 3. The molecule has 2 rings (SSSR count). The van der Waals surface area contributed by atoms with Crippen LogP contribution >= 0.6 is 22.7 Å². The maximum atomic E-state index is 12.3. The minimum atomic E-state index is -4.57. The number of carbonyl (C=O) groups is 1. The van der Waals surface area contributed by atoms with Gasteiger partial charge in [0.05, 0.1) is 12.2 Å². The van der Waals surface area contributed by atoms with Crippen LogP contribution in [0, 0.1) is 13.8 Å². The lowest BCUT2D eigenvalue weighted by Crippen LogP contribution is -2.28. The van der Waals surface area contributed by atoms with Crippen molar-refractivity contribution in [2.75, 3.05) is 5.32 Å². The number of amides is 2. The van der Waals surface area contributed by atoms with Gasteiger partial charge in [0, 0.05) is 4.88 Å². The number of alkyl halides is 3. The fraction of sp³-hybridized carbons (Fsp3) is 0.400. The van der Waals surface area contributed by atoms with Gasteiger partial charge in [-0.2, -0.15) is 13.2 Å². The number of carbonyl (C=O) groups excluding carboxylic acids is 1. The van der Waals surface area contributed by atoms with Gasteiger partial charge in [-0.1, -0.05) is 11.3 Å². The quantitative estimate of drug-likeness (QED) is 0.902.